The van der Waals surface area contributed by atoms with E-state index < -0.39 is 43.3 Å². The predicted octanol–water partition coefficient (Wildman–Crippen LogP) is -4.24. The lowest BCUT2D eigenvalue weighted by molar-refractivity contribution is -0.136. The molecule has 0 aromatic rings. The van der Waals surface area contributed by atoms with Crippen molar-refractivity contribution in [3.8, 4) is 0 Å². The first-order valence-corrected chi connectivity index (χ1v) is 7.97. The first-order chi connectivity index (χ1) is 13.1. The molecule has 1 rings (SSSR count). The van der Waals surface area contributed by atoms with Crippen LogP contribution in [0.25, 0.3) is 0 Å². The maximum atomic E-state index is 10.0. The molecular weight excluding hydrogens is 388 g/mol. The minimum atomic E-state index is -1.79. The molecule has 1 aliphatic rings. The van der Waals surface area contributed by atoms with Crippen LogP contribution in [0.5, 0.6) is 0 Å². The molecule has 0 bridgehead atoms. The highest BCUT2D eigenvalue weighted by atomic mass is 16.8. The van der Waals surface area contributed by atoms with Crippen LogP contribution >= 0.6 is 0 Å². The van der Waals surface area contributed by atoms with Crippen LogP contribution < -0.4 is 0 Å². The summed E-state index contributed by atoms with van der Waals surface area (Å²) in [4.78, 5) is 19.9. The average molecular weight is 420 g/mol. The monoisotopic (exact) mass is 420 g/mol. The van der Waals surface area contributed by atoms with Gasteiger partial charge in [-0.15, -0.1) is 0 Å². The van der Waals surface area contributed by atoms with Crippen LogP contribution in [0.3, 0.4) is 0 Å². The molecule has 1 unspecified atom stereocenters. The second-order valence-electron chi connectivity index (χ2n) is 5.27. The Morgan fingerprint density at radius 3 is 1.68 bits per heavy atom. The third-order valence-corrected chi connectivity index (χ3v) is 2.58. The SMILES string of the molecule is CC1COC(=O)O1.COC.O=C[C@H](O)[C@@H](O)[C@H](O)[C@H](O)CO.OCC(O)CO. The van der Waals surface area contributed by atoms with Gasteiger partial charge in [0.05, 0.1) is 19.8 Å². The van der Waals surface area contributed by atoms with Gasteiger partial charge in [-0.05, 0) is 6.92 Å². The van der Waals surface area contributed by atoms with Crippen molar-refractivity contribution >= 4 is 12.4 Å². The summed E-state index contributed by atoms with van der Waals surface area (Å²) in [5.74, 6) is 0. The Balaban J connectivity index is -0.000000332. The minimum Gasteiger partial charge on any atom is -0.430 e. The third-order valence-electron chi connectivity index (χ3n) is 2.58. The molecule has 0 aliphatic carbocycles. The number of ether oxygens (including phenoxy) is 3. The molecule has 0 aromatic heterocycles. The normalized spacial score (nSPS) is 19.1. The van der Waals surface area contributed by atoms with E-state index in [-0.39, 0.29) is 25.6 Å². The molecule has 1 aliphatic heterocycles. The van der Waals surface area contributed by atoms with Gasteiger partial charge in [0.2, 0.25) is 0 Å². The fraction of sp³-hybridized carbons (Fsp3) is 0.867. The van der Waals surface area contributed by atoms with E-state index in [1.165, 1.54) is 0 Å². The van der Waals surface area contributed by atoms with Crippen LogP contribution in [-0.2, 0) is 19.0 Å². The molecule has 1 fully saturated rings. The number of methoxy groups -OCH3 is 1. The van der Waals surface area contributed by atoms with Crippen molar-refractivity contribution in [2.45, 2.75) is 43.5 Å². The molecule has 0 saturated carbocycles. The number of aliphatic hydroxyl groups excluding tert-OH is 8. The lowest BCUT2D eigenvalue weighted by Crippen LogP contribution is -2.46. The van der Waals surface area contributed by atoms with Crippen molar-refractivity contribution in [1.29, 1.82) is 0 Å². The van der Waals surface area contributed by atoms with Crippen LogP contribution in [0.4, 0.5) is 4.79 Å². The second kappa shape index (κ2) is 20.3. The van der Waals surface area contributed by atoms with E-state index in [2.05, 4.69) is 14.2 Å². The van der Waals surface area contributed by atoms with E-state index in [9.17, 15) is 9.59 Å². The summed E-state index contributed by atoms with van der Waals surface area (Å²) in [7, 11) is 3.25. The number of aliphatic hydroxyl groups is 8. The fourth-order valence-electron chi connectivity index (χ4n) is 1.09. The van der Waals surface area contributed by atoms with Gasteiger partial charge in [-0.1, -0.05) is 0 Å². The van der Waals surface area contributed by atoms with E-state index in [0.717, 1.165) is 0 Å². The van der Waals surface area contributed by atoms with Gasteiger partial charge in [0.1, 0.15) is 43.2 Å². The highest BCUT2D eigenvalue weighted by Crippen LogP contribution is 2.03. The summed E-state index contributed by atoms with van der Waals surface area (Å²) in [5.41, 5.74) is 0. The van der Waals surface area contributed by atoms with Crippen molar-refractivity contribution in [3.63, 3.8) is 0 Å². The Bertz CT molecular complexity index is 364. The number of aldehydes is 1. The van der Waals surface area contributed by atoms with Gasteiger partial charge >= 0.3 is 6.16 Å². The molecule has 5 atom stereocenters. The van der Waals surface area contributed by atoms with Crippen molar-refractivity contribution < 1.29 is 64.7 Å². The molecule has 1 heterocycles. The Morgan fingerprint density at radius 2 is 1.50 bits per heavy atom. The van der Waals surface area contributed by atoms with Gasteiger partial charge < -0.3 is 59.9 Å². The molecular formula is C15H32O13. The third kappa shape index (κ3) is 18.0. The number of carbonyl (C=O) groups is 2. The van der Waals surface area contributed by atoms with Crippen LogP contribution in [0, 0.1) is 0 Å². The van der Waals surface area contributed by atoms with Crippen molar-refractivity contribution in [3.05, 3.63) is 0 Å². The van der Waals surface area contributed by atoms with Gasteiger partial charge in [-0.25, -0.2) is 4.79 Å². The predicted molar refractivity (Wildman–Crippen MR) is 92.2 cm³/mol. The second-order valence-corrected chi connectivity index (χ2v) is 5.27. The molecule has 170 valence electrons. The molecule has 1 saturated heterocycles. The smallest absolute Gasteiger partial charge is 0.430 e. The summed E-state index contributed by atoms with van der Waals surface area (Å²) in [6.45, 7) is 0.695. The summed E-state index contributed by atoms with van der Waals surface area (Å²) < 4.78 is 13.2. The Kier molecular flexibility index (Phi) is 22.7. The Labute approximate surface area is 162 Å². The summed E-state index contributed by atoms with van der Waals surface area (Å²) in [6.07, 6.45) is -8.39. The number of hydrogen-bond acceptors (Lipinski definition) is 13. The van der Waals surface area contributed by atoms with Gasteiger partial charge in [0.25, 0.3) is 0 Å². The molecule has 28 heavy (non-hydrogen) atoms. The molecule has 0 amide bonds. The highest BCUT2D eigenvalue weighted by molar-refractivity contribution is 5.61. The quantitative estimate of drug-likeness (QED) is 0.144. The van der Waals surface area contributed by atoms with E-state index in [1.807, 2.05) is 0 Å². The fourth-order valence-corrected chi connectivity index (χ4v) is 1.09. The van der Waals surface area contributed by atoms with Crippen LogP contribution in [-0.4, -0.2) is 131 Å². The van der Waals surface area contributed by atoms with E-state index in [1.54, 1.807) is 21.1 Å². The standard InChI is InChI=1S/C6H12O6.C4H6O3.C3H8O3.C2H6O/c7-1-3(9)5(11)6(12)4(10)2-8;1-3-2-6-4(5)7-3;4-1-3(6)2-5;1-3-2/h1,3-6,8-12H,2H2;3H,2H2,1H3;3-6H,1-2H2;1-2H3/t3-,4+,5+,6+;;;/m0.../s1. The molecule has 8 N–H and O–H groups in total. The lowest BCUT2D eigenvalue weighted by Gasteiger charge is -2.22. The van der Waals surface area contributed by atoms with Crippen molar-refractivity contribution in [2.75, 3.05) is 40.6 Å². The first-order valence-electron chi connectivity index (χ1n) is 7.97. The topological polar surface area (TPSA) is 224 Å². The zero-order valence-corrected chi connectivity index (χ0v) is 16.0. The van der Waals surface area contributed by atoms with Gasteiger partial charge in [0.15, 0.2) is 6.29 Å². The Morgan fingerprint density at radius 1 is 1.04 bits per heavy atom. The summed E-state index contributed by atoms with van der Waals surface area (Å²) >= 11 is 0. The molecule has 0 aromatic carbocycles. The van der Waals surface area contributed by atoms with Gasteiger partial charge in [0, 0.05) is 14.2 Å². The maximum absolute atomic E-state index is 10.0. The molecule has 13 heteroatoms. The number of carbonyl (C=O) groups excluding carboxylic acids is 2. The minimum absolute atomic E-state index is 0.0258. The first kappa shape index (κ1) is 31.3. The van der Waals surface area contributed by atoms with Crippen LogP contribution in [0.15, 0.2) is 0 Å². The van der Waals surface area contributed by atoms with Gasteiger partial charge in [-0.2, -0.15) is 0 Å². The highest BCUT2D eigenvalue weighted by Gasteiger charge is 2.29. The van der Waals surface area contributed by atoms with E-state index in [4.69, 9.17) is 40.9 Å². The lowest BCUT2D eigenvalue weighted by atomic mass is 10.0. The summed E-state index contributed by atoms with van der Waals surface area (Å²) in [5, 5.41) is 67.6. The molecule has 0 radical (unpaired) electrons. The number of cyclic esters (lactones) is 2. The van der Waals surface area contributed by atoms with Crippen molar-refractivity contribution in [2.24, 2.45) is 0 Å². The molecule has 13 nitrogen and oxygen atoms in total. The zero-order chi connectivity index (χ0) is 22.7. The molecule has 0 spiro atoms. The van der Waals surface area contributed by atoms with E-state index in [0.29, 0.717) is 6.61 Å². The van der Waals surface area contributed by atoms with E-state index >= 15 is 0 Å². The van der Waals surface area contributed by atoms with Gasteiger partial charge in [-0.3, -0.25) is 0 Å². The average Bonchev–Trinajstić information content (AvgIpc) is 3.08. The van der Waals surface area contributed by atoms with Crippen molar-refractivity contribution in [1.82, 2.24) is 0 Å². The van der Waals surface area contributed by atoms with Crippen LogP contribution in [0.1, 0.15) is 6.92 Å². The van der Waals surface area contributed by atoms with Crippen LogP contribution in [0.2, 0.25) is 0 Å². The Hall–Kier alpha value is -1.42. The largest absolute Gasteiger partial charge is 0.508 e. The maximum Gasteiger partial charge on any atom is 0.508 e. The number of rotatable bonds is 7. The number of hydrogen-bond donors (Lipinski definition) is 8. The summed E-state index contributed by atoms with van der Waals surface area (Å²) in [6, 6.07) is 0. The zero-order valence-electron chi connectivity index (χ0n) is 16.0.